The minimum Gasteiger partial charge on any atom is -0.328 e. The zero-order valence-electron chi connectivity index (χ0n) is 12.8. The molecule has 0 aromatic heterocycles. The molecule has 3 N–H and O–H groups in total. The molecule has 0 radical (unpaired) electrons. The highest BCUT2D eigenvalue weighted by molar-refractivity contribution is 5.35. The van der Waals surface area contributed by atoms with Crippen LogP contribution >= 0.6 is 0 Å². The molecule has 0 saturated heterocycles. The molecule has 2 rings (SSSR count). The molecule has 2 heteroatoms. The van der Waals surface area contributed by atoms with E-state index in [2.05, 4.69) is 51.2 Å². The van der Waals surface area contributed by atoms with Crippen molar-refractivity contribution in [2.45, 2.75) is 52.0 Å². The Kier molecular flexibility index (Phi) is 4.32. The van der Waals surface area contributed by atoms with Crippen molar-refractivity contribution in [3.63, 3.8) is 0 Å². The SMILES string of the molecule is Cc1ccc(C(C)(C)CNCC2CC(N)C2)c(C)c1. The lowest BCUT2D eigenvalue weighted by molar-refractivity contribution is 0.251. The summed E-state index contributed by atoms with van der Waals surface area (Å²) in [6.07, 6.45) is 2.38. The summed E-state index contributed by atoms with van der Waals surface area (Å²) in [5, 5.41) is 3.63. The molecule has 1 fully saturated rings. The van der Waals surface area contributed by atoms with Crippen molar-refractivity contribution in [2.75, 3.05) is 13.1 Å². The highest BCUT2D eigenvalue weighted by Gasteiger charge is 2.27. The van der Waals surface area contributed by atoms with Gasteiger partial charge in [-0.05, 0) is 50.3 Å². The van der Waals surface area contributed by atoms with Crippen LogP contribution in [0.3, 0.4) is 0 Å². The molecule has 1 aliphatic rings. The first-order valence-electron chi connectivity index (χ1n) is 7.42. The van der Waals surface area contributed by atoms with Crippen LogP contribution in [0.15, 0.2) is 18.2 Å². The molecule has 0 atom stereocenters. The van der Waals surface area contributed by atoms with E-state index in [1.165, 1.54) is 29.5 Å². The second kappa shape index (κ2) is 5.64. The average Bonchev–Trinajstić information content (AvgIpc) is 2.25. The molecule has 106 valence electrons. The second-order valence-electron chi connectivity index (χ2n) is 6.93. The zero-order chi connectivity index (χ0) is 14.0. The number of nitrogens with one attached hydrogen (secondary N) is 1. The third-order valence-electron chi connectivity index (χ3n) is 4.38. The molecule has 1 aromatic rings. The Morgan fingerprint density at radius 2 is 1.95 bits per heavy atom. The van der Waals surface area contributed by atoms with Gasteiger partial charge in [0, 0.05) is 18.0 Å². The lowest BCUT2D eigenvalue weighted by atomic mass is 9.79. The van der Waals surface area contributed by atoms with Crippen LogP contribution in [-0.2, 0) is 5.41 Å². The van der Waals surface area contributed by atoms with Crippen molar-refractivity contribution in [3.8, 4) is 0 Å². The number of benzene rings is 1. The van der Waals surface area contributed by atoms with E-state index in [0.717, 1.165) is 19.0 Å². The molecule has 1 saturated carbocycles. The summed E-state index contributed by atoms with van der Waals surface area (Å²) in [7, 11) is 0. The maximum atomic E-state index is 5.82. The van der Waals surface area contributed by atoms with Gasteiger partial charge in [-0.3, -0.25) is 0 Å². The van der Waals surface area contributed by atoms with Crippen molar-refractivity contribution in [2.24, 2.45) is 11.7 Å². The fourth-order valence-electron chi connectivity index (χ4n) is 3.21. The van der Waals surface area contributed by atoms with E-state index < -0.39 is 0 Å². The van der Waals surface area contributed by atoms with Crippen molar-refractivity contribution in [1.29, 1.82) is 0 Å². The molecule has 0 unspecified atom stereocenters. The van der Waals surface area contributed by atoms with Crippen LogP contribution < -0.4 is 11.1 Å². The molecule has 2 nitrogen and oxygen atoms in total. The number of aryl methyl sites for hydroxylation is 2. The Morgan fingerprint density at radius 1 is 1.26 bits per heavy atom. The highest BCUT2D eigenvalue weighted by Crippen LogP contribution is 2.28. The summed E-state index contributed by atoms with van der Waals surface area (Å²) < 4.78 is 0. The maximum absolute atomic E-state index is 5.82. The normalized spacial score (nSPS) is 23.2. The van der Waals surface area contributed by atoms with E-state index in [1.54, 1.807) is 0 Å². The molecule has 0 spiro atoms. The summed E-state index contributed by atoms with van der Waals surface area (Å²) in [5.74, 6) is 0.796. The molecule has 1 aliphatic carbocycles. The third kappa shape index (κ3) is 3.58. The van der Waals surface area contributed by atoms with E-state index in [-0.39, 0.29) is 5.41 Å². The van der Waals surface area contributed by atoms with Crippen LogP contribution in [0.4, 0.5) is 0 Å². The number of nitrogens with two attached hydrogens (primary N) is 1. The van der Waals surface area contributed by atoms with Crippen LogP contribution in [0.1, 0.15) is 43.4 Å². The van der Waals surface area contributed by atoms with Crippen LogP contribution in [-0.4, -0.2) is 19.1 Å². The Labute approximate surface area is 117 Å². The third-order valence-corrected chi connectivity index (χ3v) is 4.38. The average molecular weight is 260 g/mol. The molecular formula is C17H28N2. The quantitative estimate of drug-likeness (QED) is 0.854. The molecule has 0 heterocycles. The first-order valence-corrected chi connectivity index (χ1v) is 7.42. The minimum atomic E-state index is 0.184. The van der Waals surface area contributed by atoms with Crippen molar-refractivity contribution >= 4 is 0 Å². The highest BCUT2D eigenvalue weighted by atomic mass is 14.9. The monoisotopic (exact) mass is 260 g/mol. The largest absolute Gasteiger partial charge is 0.328 e. The summed E-state index contributed by atoms with van der Waals surface area (Å²) in [6, 6.07) is 7.24. The van der Waals surface area contributed by atoms with Gasteiger partial charge in [0.25, 0.3) is 0 Å². The Bertz CT molecular complexity index is 431. The van der Waals surface area contributed by atoms with Gasteiger partial charge in [0.1, 0.15) is 0 Å². The van der Waals surface area contributed by atoms with Crippen LogP contribution in [0, 0.1) is 19.8 Å². The minimum absolute atomic E-state index is 0.184. The lowest BCUT2D eigenvalue weighted by Gasteiger charge is -2.34. The predicted octanol–water partition coefficient (Wildman–Crippen LogP) is 2.91. The van der Waals surface area contributed by atoms with Gasteiger partial charge in [-0.25, -0.2) is 0 Å². The van der Waals surface area contributed by atoms with Crippen molar-refractivity contribution < 1.29 is 0 Å². The smallest absolute Gasteiger partial charge is 0.00450 e. The van der Waals surface area contributed by atoms with Gasteiger partial charge in [0.15, 0.2) is 0 Å². The van der Waals surface area contributed by atoms with Gasteiger partial charge in [0.2, 0.25) is 0 Å². The fraction of sp³-hybridized carbons (Fsp3) is 0.647. The summed E-state index contributed by atoms with van der Waals surface area (Å²) in [5.41, 5.74) is 10.2. The zero-order valence-corrected chi connectivity index (χ0v) is 12.8. The number of hydrogen-bond acceptors (Lipinski definition) is 2. The summed E-state index contributed by atoms with van der Waals surface area (Å²) in [6.45, 7) is 11.2. The molecular weight excluding hydrogens is 232 g/mol. The van der Waals surface area contributed by atoms with Gasteiger partial charge in [0.05, 0.1) is 0 Å². The first-order chi connectivity index (χ1) is 8.88. The maximum Gasteiger partial charge on any atom is 0.00450 e. The summed E-state index contributed by atoms with van der Waals surface area (Å²) >= 11 is 0. The van der Waals surface area contributed by atoms with E-state index in [9.17, 15) is 0 Å². The van der Waals surface area contributed by atoms with Crippen molar-refractivity contribution in [1.82, 2.24) is 5.32 Å². The van der Waals surface area contributed by atoms with Gasteiger partial charge in [-0.2, -0.15) is 0 Å². The second-order valence-corrected chi connectivity index (χ2v) is 6.93. The summed E-state index contributed by atoms with van der Waals surface area (Å²) in [4.78, 5) is 0. The van der Waals surface area contributed by atoms with Crippen LogP contribution in [0.2, 0.25) is 0 Å². The first kappa shape index (κ1) is 14.5. The Balaban J connectivity index is 1.90. The molecule has 0 bridgehead atoms. The van der Waals surface area contributed by atoms with Gasteiger partial charge in [-0.15, -0.1) is 0 Å². The lowest BCUT2D eigenvalue weighted by Crippen LogP contribution is -2.43. The van der Waals surface area contributed by atoms with Crippen LogP contribution in [0.25, 0.3) is 0 Å². The van der Waals surface area contributed by atoms with E-state index >= 15 is 0 Å². The van der Waals surface area contributed by atoms with E-state index in [1.807, 2.05) is 0 Å². The van der Waals surface area contributed by atoms with Gasteiger partial charge < -0.3 is 11.1 Å². The fourth-order valence-corrected chi connectivity index (χ4v) is 3.21. The van der Waals surface area contributed by atoms with Crippen LogP contribution in [0.5, 0.6) is 0 Å². The number of hydrogen-bond donors (Lipinski definition) is 2. The predicted molar refractivity (Wildman–Crippen MR) is 82.5 cm³/mol. The number of rotatable bonds is 5. The van der Waals surface area contributed by atoms with E-state index in [4.69, 9.17) is 5.73 Å². The Morgan fingerprint density at radius 3 is 2.53 bits per heavy atom. The molecule has 0 amide bonds. The topological polar surface area (TPSA) is 38.0 Å². The van der Waals surface area contributed by atoms with Gasteiger partial charge in [-0.1, -0.05) is 37.6 Å². The molecule has 1 aromatic carbocycles. The molecule has 19 heavy (non-hydrogen) atoms. The Hall–Kier alpha value is -0.860. The van der Waals surface area contributed by atoms with E-state index in [0.29, 0.717) is 6.04 Å². The van der Waals surface area contributed by atoms with Gasteiger partial charge >= 0.3 is 0 Å². The van der Waals surface area contributed by atoms with Crippen molar-refractivity contribution in [3.05, 3.63) is 34.9 Å². The molecule has 0 aliphatic heterocycles. The standard InChI is InChI=1S/C17H28N2/c1-12-5-6-16(13(2)7-12)17(3,4)11-19-10-14-8-15(18)9-14/h5-7,14-15,19H,8-11,18H2,1-4H3.